The van der Waals surface area contributed by atoms with Gasteiger partial charge in [-0.3, -0.25) is 0 Å². The Morgan fingerprint density at radius 1 is 0.765 bits per heavy atom. The van der Waals surface area contributed by atoms with Crippen molar-refractivity contribution in [1.82, 2.24) is 0 Å². The molecule has 0 bridgehead atoms. The van der Waals surface area contributed by atoms with E-state index < -0.39 is 0 Å². The van der Waals surface area contributed by atoms with Gasteiger partial charge in [0.2, 0.25) is 0 Å². The minimum Gasteiger partial charge on any atom is -0.453 e. The van der Waals surface area contributed by atoms with Gasteiger partial charge in [-0.15, -0.1) is 0 Å². The Balaban J connectivity index is 2.31. The highest BCUT2D eigenvalue weighted by Gasteiger charge is 2.06. The Morgan fingerprint density at radius 2 is 1.18 bits per heavy atom. The summed E-state index contributed by atoms with van der Waals surface area (Å²) in [4.78, 5) is 0. The summed E-state index contributed by atoms with van der Waals surface area (Å²) in [5.41, 5.74) is 12.8. The first-order valence-corrected chi connectivity index (χ1v) is 6.43. The summed E-state index contributed by atoms with van der Waals surface area (Å²) in [6.45, 7) is 0. The molecular formula is C12H10Br2N2O. The van der Waals surface area contributed by atoms with Crippen LogP contribution in [0.25, 0.3) is 0 Å². The molecule has 0 saturated heterocycles. The summed E-state index contributed by atoms with van der Waals surface area (Å²) < 4.78 is 7.48. The van der Waals surface area contributed by atoms with Gasteiger partial charge in [0.05, 0.1) is 11.4 Å². The van der Waals surface area contributed by atoms with Gasteiger partial charge in [0.15, 0.2) is 0 Å². The molecule has 2 aromatic carbocycles. The van der Waals surface area contributed by atoms with Crippen molar-refractivity contribution in [2.24, 2.45) is 0 Å². The topological polar surface area (TPSA) is 61.3 Å². The van der Waals surface area contributed by atoms with Gasteiger partial charge in [-0.25, -0.2) is 0 Å². The lowest BCUT2D eigenvalue weighted by atomic mass is 10.3. The monoisotopic (exact) mass is 356 g/mol. The molecule has 0 atom stereocenters. The molecule has 0 radical (unpaired) electrons. The van der Waals surface area contributed by atoms with Gasteiger partial charge in [-0.1, -0.05) is 31.9 Å². The Kier molecular flexibility index (Phi) is 3.59. The smallest absolute Gasteiger partial charge is 0.150 e. The van der Waals surface area contributed by atoms with E-state index >= 15 is 0 Å². The van der Waals surface area contributed by atoms with Crippen LogP contribution in [0.1, 0.15) is 0 Å². The van der Waals surface area contributed by atoms with E-state index in [-0.39, 0.29) is 0 Å². The molecule has 0 aliphatic heterocycles. The number of rotatable bonds is 2. The molecule has 0 aliphatic rings. The van der Waals surface area contributed by atoms with E-state index in [2.05, 4.69) is 31.9 Å². The molecule has 0 fully saturated rings. The minimum absolute atomic E-state index is 0.557. The number of nitrogens with two attached hydrogens (primary N) is 2. The highest BCUT2D eigenvalue weighted by atomic mass is 79.9. The number of anilines is 2. The lowest BCUT2D eigenvalue weighted by Gasteiger charge is -2.10. The normalized spacial score (nSPS) is 10.2. The number of hydrogen-bond acceptors (Lipinski definition) is 3. The lowest BCUT2D eigenvalue weighted by molar-refractivity contribution is 0.487. The Hall–Kier alpha value is -1.20. The molecule has 88 valence electrons. The molecule has 0 heterocycles. The van der Waals surface area contributed by atoms with E-state index in [4.69, 9.17) is 16.2 Å². The van der Waals surface area contributed by atoms with E-state index in [0.717, 1.165) is 8.95 Å². The van der Waals surface area contributed by atoms with Crippen molar-refractivity contribution in [1.29, 1.82) is 0 Å². The predicted octanol–water partition coefficient (Wildman–Crippen LogP) is 4.17. The first kappa shape index (κ1) is 12.3. The van der Waals surface area contributed by atoms with Gasteiger partial charge in [0.1, 0.15) is 11.5 Å². The van der Waals surface area contributed by atoms with Crippen LogP contribution < -0.4 is 16.2 Å². The van der Waals surface area contributed by atoms with Crippen molar-refractivity contribution < 1.29 is 4.74 Å². The van der Waals surface area contributed by atoms with Gasteiger partial charge in [-0.05, 0) is 36.4 Å². The zero-order valence-corrected chi connectivity index (χ0v) is 12.0. The maximum absolute atomic E-state index is 5.84. The van der Waals surface area contributed by atoms with Gasteiger partial charge in [-0.2, -0.15) is 0 Å². The average molecular weight is 358 g/mol. The largest absolute Gasteiger partial charge is 0.453 e. The summed E-state index contributed by atoms with van der Waals surface area (Å²) in [6.07, 6.45) is 0. The number of benzene rings is 2. The van der Waals surface area contributed by atoms with Crippen molar-refractivity contribution in [2.75, 3.05) is 11.5 Å². The Morgan fingerprint density at radius 3 is 1.53 bits per heavy atom. The van der Waals surface area contributed by atoms with Gasteiger partial charge in [0, 0.05) is 8.95 Å². The summed E-state index contributed by atoms with van der Waals surface area (Å²) in [5.74, 6) is 1.17. The maximum Gasteiger partial charge on any atom is 0.150 e. The van der Waals surface area contributed by atoms with Gasteiger partial charge < -0.3 is 16.2 Å². The van der Waals surface area contributed by atoms with E-state index in [1.165, 1.54) is 0 Å². The van der Waals surface area contributed by atoms with E-state index in [1.54, 1.807) is 24.3 Å². The molecule has 0 aliphatic carbocycles. The fourth-order valence-corrected chi connectivity index (χ4v) is 2.10. The van der Waals surface area contributed by atoms with Gasteiger partial charge in [0.25, 0.3) is 0 Å². The third kappa shape index (κ3) is 2.92. The molecule has 3 nitrogen and oxygen atoms in total. The summed E-state index contributed by atoms with van der Waals surface area (Å²) in [7, 11) is 0. The first-order valence-electron chi connectivity index (χ1n) is 4.84. The SMILES string of the molecule is Nc1cc(Br)ccc1Oc1ccc(Br)cc1N. The molecule has 0 aromatic heterocycles. The zero-order chi connectivity index (χ0) is 12.4. The second-order valence-electron chi connectivity index (χ2n) is 3.47. The summed E-state index contributed by atoms with van der Waals surface area (Å²) in [6, 6.07) is 10.9. The number of ether oxygens (including phenoxy) is 1. The van der Waals surface area contributed by atoms with E-state index in [1.807, 2.05) is 12.1 Å². The Bertz CT molecular complexity index is 509. The van der Waals surface area contributed by atoms with Crippen molar-refractivity contribution in [3.8, 4) is 11.5 Å². The van der Waals surface area contributed by atoms with Crippen LogP contribution in [0, 0.1) is 0 Å². The van der Waals surface area contributed by atoms with E-state index in [0.29, 0.717) is 22.9 Å². The zero-order valence-electron chi connectivity index (χ0n) is 8.78. The minimum atomic E-state index is 0.557. The molecule has 0 saturated carbocycles. The molecule has 4 N–H and O–H groups in total. The summed E-state index contributed by atoms with van der Waals surface area (Å²) in [5, 5.41) is 0. The van der Waals surface area contributed by atoms with Crippen LogP contribution in [-0.2, 0) is 0 Å². The third-order valence-electron chi connectivity index (χ3n) is 2.16. The van der Waals surface area contributed by atoms with Crippen molar-refractivity contribution in [3.05, 3.63) is 45.3 Å². The molecular weight excluding hydrogens is 348 g/mol. The highest BCUT2D eigenvalue weighted by molar-refractivity contribution is 9.10. The maximum atomic E-state index is 5.84. The molecule has 2 rings (SSSR count). The second kappa shape index (κ2) is 4.98. The number of halogens is 2. The quantitative estimate of drug-likeness (QED) is 0.793. The third-order valence-corrected chi connectivity index (χ3v) is 3.15. The fourth-order valence-electron chi connectivity index (χ4n) is 1.34. The molecule has 0 unspecified atom stereocenters. The van der Waals surface area contributed by atoms with Crippen LogP contribution in [-0.4, -0.2) is 0 Å². The Labute approximate surface area is 116 Å². The van der Waals surface area contributed by atoms with Crippen LogP contribution >= 0.6 is 31.9 Å². The molecule has 5 heteroatoms. The standard InChI is InChI=1S/C12H10Br2N2O/c13-7-1-3-11(9(15)5-7)17-12-4-2-8(14)6-10(12)16/h1-6H,15-16H2. The van der Waals surface area contributed by atoms with E-state index in [9.17, 15) is 0 Å². The molecule has 2 aromatic rings. The lowest BCUT2D eigenvalue weighted by Crippen LogP contribution is -1.95. The fraction of sp³-hybridized carbons (Fsp3) is 0. The summed E-state index contributed by atoms with van der Waals surface area (Å²) >= 11 is 6.68. The van der Waals surface area contributed by atoms with Crippen LogP contribution in [0.3, 0.4) is 0 Å². The number of hydrogen-bond donors (Lipinski definition) is 2. The van der Waals surface area contributed by atoms with Crippen LogP contribution in [0.5, 0.6) is 11.5 Å². The van der Waals surface area contributed by atoms with Crippen molar-refractivity contribution >= 4 is 43.2 Å². The van der Waals surface area contributed by atoms with Crippen molar-refractivity contribution in [3.63, 3.8) is 0 Å². The van der Waals surface area contributed by atoms with Crippen molar-refractivity contribution in [2.45, 2.75) is 0 Å². The molecule has 17 heavy (non-hydrogen) atoms. The molecule has 0 spiro atoms. The van der Waals surface area contributed by atoms with Crippen LogP contribution in [0.2, 0.25) is 0 Å². The van der Waals surface area contributed by atoms with Crippen LogP contribution in [0.4, 0.5) is 11.4 Å². The first-order chi connectivity index (χ1) is 8.06. The van der Waals surface area contributed by atoms with Crippen LogP contribution in [0.15, 0.2) is 45.3 Å². The highest BCUT2D eigenvalue weighted by Crippen LogP contribution is 2.33. The van der Waals surface area contributed by atoms with Gasteiger partial charge >= 0.3 is 0 Å². The second-order valence-corrected chi connectivity index (χ2v) is 5.30. The average Bonchev–Trinajstić information content (AvgIpc) is 2.25. The predicted molar refractivity (Wildman–Crippen MR) is 77.2 cm³/mol. The molecule has 0 amide bonds. The number of nitrogen functional groups attached to an aromatic ring is 2.